The first-order valence-corrected chi connectivity index (χ1v) is 10.7. The van der Waals surface area contributed by atoms with E-state index in [1.807, 2.05) is 0 Å². The van der Waals surface area contributed by atoms with Crippen molar-refractivity contribution in [2.45, 2.75) is 13.0 Å². The van der Waals surface area contributed by atoms with Gasteiger partial charge in [0.05, 0.1) is 17.9 Å². The third-order valence-corrected chi connectivity index (χ3v) is 4.99. The van der Waals surface area contributed by atoms with Crippen molar-refractivity contribution in [3.63, 3.8) is 0 Å². The minimum absolute atomic E-state index is 0.0348. The van der Waals surface area contributed by atoms with Crippen molar-refractivity contribution in [1.29, 1.82) is 0 Å². The summed E-state index contributed by atoms with van der Waals surface area (Å²) in [5.41, 5.74) is 0.331. The Balaban J connectivity index is 1.78. The van der Waals surface area contributed by atoms with Crippen LogP contribution in [0.15, 0.2) is 35.9 Å². The van der Waals surface area contributed by atoms with Crippen LogP contribution in [0, 0.1) is 11.6 Å². The lowest BCUT2D eigenvalue weighted by Crippen LogP contribution is -2.31. The summed E-state index contributed by atoms with van der Waals surface area (Å²) in [6.45, 7) is 1.58. The Morgan fingerprint density at radius 3 is 2.48 bits per heavy atom. The molecule has 0 aliphatic carbocycles. The van der Waals surface area contributed by atoms with Gasteiger partial charge in [-0.25, -0.2) is 17.2 Å². The highest BCUT2D eigenvalue weighted by Crippen LogP contribution is 2.30. The normalized spacial score (nSPS) is 14.3. The summed E-state index contributed by atoms with van der Waals surface area (Å²) in [5.74, 6) is -2.05. The van der Waals surface area contributed by atoms with Gasteiger partial charge in [0.25, 0.3) is 5.91 Å². The van der Waals surface area contributed by atoms with Crippen molar-refractivity contribution in [2.24, 2.45) is 0 Å². The van der Waals surface area contributed by atoms with E-state index >= 15 is 0 Å². The van der Waals surface area contributed by atoms with Gasteiger partial charge in [0.2, 0.25) is 10.0 Å². The Morgan fingerprint density at radius 2 is 1.86 bits per heavy atom. The Kier molecular flexibility index (Phi) is 5.81. The van der Waals surface area contributed by atoms with Gasteiger partial charge in [-0.2, -0.15) is 0 Å². The summed E-state index contributed by atoms with van der Waals surface area (Å²) in [6.07, 6.45) is 2.42. The molecular weight excluding hydrogens is 426 g/mol. The standard InChI is InChI=1S/C19H17ClF2N2O4S/c1-10(11-7-15(21)18(16(22)8-11)24-29(2,26)27)23-19(25)13-5-12-6-14(20)3-4-17(12)28-9-13/h3-8,10,24H,9H2,1-2H3,(H,23,25). The molecule has 0 saturated carbocycles. The average Bonchev–Trinajstić information content (AvgIpc) is 2.63. The molecule has 1 amide bonds. The highest BCUT2D eigenvalue weighted by Gasteiger charge is 2.21. The van der Waals surface area contributed by atoms with Crippen LogP contribution in [0.4, 0.5) is 14.5 Å². The van der Waals surface area contributed by atoms with Crippen molar-refractivity contribution in [3.8, 4) is 5.75 Å². The van der Waals surface area contributed by atoms with E-state index in [1.165, 1.54) is 0 Å². The molecule has 1 heterocycles. The number of halogens is 3. The summed E-state index contributed by atoms with van der Waals surface area (Å²) in [4.78, 5) is 12.5. The molecule has 29 heavy (non-hydrogen) atoms. The Hall–Kier alpha value is -2.65. The zero-order valence-corrected chi connectivity index (χ0v) is 17.0. The fourth-order valence-electron chi connectivity index (χ4n) is 2.78. The molecule has 0 bridgehead atoms. The number of carbonyl (C=O) groups is 1. The van der Waals surface area contributed by atoms with Crippen molar-refractivity contribution in [3.05, 3.63) is 63.7 Å². The van der Waals surface area contributed by atoms with Gasteiger partial charge in [-0.1, -0.05) is 11.6 Å². The van der Waals surface area contributed by atoms with E-state index in [-0.39, 0.29) is 12.2 Å². The largest absolute Gasteiger partial charge is 0.488 e. The molecule has 10 heteroatoms. The lowest BCUT2D eigenvalue weighted by molar-refractivity contribution is -0.118. The van der Waals surface area contributed by atoms with Crippen molar-refractivity contribution in [2.75, 3.05) is 17.6 Å². The molecule has 1 aliphatic rings. The number of amides is 1. The maximum Gasteiger partial charge on any atom is 0.251 e. The number of anilines is 1. The zero-order valence-electron chi connectivity index (χ0n) is 15.4. The zero-order chi connectivity index (χ0) is 21.3. The molecule has 1 aliphatic heterocycles. The molecule has 0 saturated heterocycles. The number of hydrogen-bond acceptors (Lipinski definition) is 4. The Morgan fingerprint density at radius 1 is 1.21 bits per heavy atom. The topological polar surface area (TPSA) is 84.5 Å². The van der Waals surface area contributed by atoms with E-state index in [1.54, 1.807) is 35.9 Å². The van der Waals surface area contributed by atoms with E-state index in [9.17, 15) is 22.0 Å². The first-order chi connectivity index (χ1) is 13.5. The van der Waals surface area contributed by atoms with Crippen LogP contribution >= 0.6 is 11.6 Å². The summed E-state index contributed by atoms with van der Waals surface area (Å²) in [5, 5.41) is 3.13. The Labute approximate surface area is 171 Å². The van der Waals surface area contributed by atoms with Gasteiger partial charge in [-0.3, -0.25) is 9.52 Å². The lowest BCUT2D eigenvalue weighted by Gasteiger charge is -2.20. The molecule has 6 nitrogen and oxygen atoms in total. The molecule has 2 aromatic carbocycles. The van der Waals surface area contributed by atoms with Crippen LogP contribution in [0.5, 0.6) is 5.75 Å². The molecule has 2 aromatic rings. The second-order valence-corrected chi connectivity index (χ2v) is 8.75. The molecule has 0 spiro atoms. The minimum Gasteiger partial charge on any atom is -0.488 e. The van der Waals surface area contributed by atoms with Crippen LogP contribution in [0.2, 0.25) is 5.02 Å². The highest BCUT2D eigenvalue weighted by molar-refractivity contribution is 7.92. The number of hydrogen-bond donors (Lipinski definition) is 2. The number of carbonyl (C=O) groups excluding carboxylic acids is 1. The monoisotopic (exact) mass is 442 g/mol. The fourth-order valence-corrected chi connectivity index (χ4v) is 3.52. The number of rotatable bonds is 5. The van der Waals surface area contributed by atoms with Gasteiger partial charge < -0.3 is 10.1 Å². The van der Waals surface area contributed by atoms with Crippen LogP contribution in [0.25, 0.3) is 6.08 Å². The van der Waals surface area contributed by atoms with Gasteiger partial charge in [0.15, 0.2) is 11.6 Å². The molecule has 154 valence electrons. The SMILES string of the molecule is CC(NC(=O)C1=Cc2cc(Cl)ccc2OC1)c1cc(F)c(NS(C)(=O)=O)c(F)c1. The van der Waals surface area contributed by atoms with Crippen LogP contribution in [-0.4, -0.2) is 27.2 Å². The molecule has 1 atom stereocenters. The van der Waals surface area contributed by atoms with Crippen molar-refractivity contribution in [1.82, 2.24) is 5.32 Å². The minimum atomic E-state index is -3.85. The first kappa shape index (κ1) is 21.1. The second-order valence-electron chi connectivity index (χ2n) is 6.57. The predicted octanol–water partition coefficient (Wildman–Crippen LogP) is 3.64. The maximum absolute atomic E-state index is 14.2. The van der Waals surface area contributed by atoms with Crippen LogP contribution in [0.1, 0.15) is 24.1 Å². The molecule has 0 fully saturated rings. The Bertz CT molecular complexity index is 1100. The predicted molar refractivity (Wildman–Crippen MR) is 106 cm³/mol. The molecular formula is C19H17ClF2N2O4S. The van der Waals surface area contributed by atoms with Crippen molar-refractivity contribution >= 4 is 39.3 Å². The molecule has 2 N–H and O–H groups in total. The first-order valence-electron chi connectivity index (χ1n) is 8.44. The summed E-state index contributed by atoms with van der Waals surface area (Å²) >= 11 is 5.95. The van der Waals surface area contributed by atoms with Gasteiger partial charge in [0.1, 0.15) is 18.0 Å². The maximum atomic E-state index is 14.2. The van der Waals surface area contributed by atoms with Gasteiger partial charge in [0, 0.05) is 10.6 Å². The van der Waals surface area contributed by atoms with E-state index < -0.39 is 39.3 Å². The van der Waals surface area contributed by atoms with Gasteiger partial charge in [-0.15, -0.1) is 0 Å². The third-order valence-electron chi connectivity index (χ3n) is 4.18. The molecule has 3 rings (SSSR count). The van der Waals surface area contributed by atoms with E-state index in [2.05, 4.69) is 5.32 Å². The molecule has 0 aromatic heterocycles. The van der Waals surface area contributed by atoms with E-state index in [0.717, 1.165) is 18.4 Å². The van der Waals surface area contributed by atoms with Crippen LogP contribution in [0.3, 0.4) is 0 Å². The van der Waals surface area contributed by atoms with Crippen LogP contribution < -0.4 is 14.8 Å². The van der Waals surface area contributed by atoms with Gasteiger partial charge in [-0.05, 0) is 48.9 Å². The number of nitrogens with one attached hydrogen (secondary N) is 2. The van der Waals surface area contributed by atoms with Gasteiger partial charge >= 0.3 is 0 Å². The molecule has 0 radical (unpaired) electrons. The number of benzene rings is 2. The fraction of sp³-hybridized carbons (Fsp3) is 0.211. The number of sulfonamides is 1. The summed E-state index contributed by atoms with van der Waals surface area (Å²) in [7, 11) is -3.85. The van der Waals surface area contributed by atoms with E-state index in [0.29, 0.717) is 21.9 Å². The second kappa shape index (κ2) is 8.00. The van der Waals surface area contributed by atoms with Crippen molar-refractivity contribution < 1.29 is 26.7 Å². The van der Waals surface area contributed by atoms with Crippen LogP contribution in [-0.2, 0) is 14.8 Å². The lowest BCUT2D eigenvalue weighted by atomic mass is 10.0. The van der Waals surface area contributed by atoms with E-state index in [4.69, 9.17) is 16.3 Å². The smallest absolute Gasteiger partial charge is 0.251 e. The third kappa shape index (κ3) is 5.04. The summed E-state index contributed by atoms with van der Waals surface area (Å²) in [6, 6.07) is 6.20. The number of fused-ring (bicyclic) bond motifs is 1. The summed E-state index contributed by atoms with van der Waals surface area (Å²) < 4.78 is 58.1. The highest BCUT2D eigenvalue weighted by atomic mass is 35.5. The molecule has 1 unspecified atom stereocenters. The number of ether oxygens (including phenoxy) is 1. The quantitative estimate of drug-likeness (QED) is 0.740. The average molecular weight is 443 g/mol.